The molecule has 0 N–H and O–H groups in total. The number of rotatable bonds is 0. The summed E-state index contributed by atoms with van der Waals surface area (Å²) in [6, 6.07) is 49.5. The lowest BCUT2D eigenvalue weighted by Crippen LogP contribution is -1.91. The minimum atomic E-state index is 0.775. The molecule has 0 radical (unpaired) electrons. The minimum Gasteiger partial charge on any atom is -0.264 e. The molecular weight excluding hydrogens is 1280 g/mol. The first-order chi connectivity index (χ1) is 49.3. The Morgan fingerprint density at radius 3 is 0.952 bits per heavy atom. The SMILES string of the molecule is Cc1ccc(C)cc1.Cc1ccc(C)nc1.Cc1cccc(C)c1.Cc1cccc(C)n1.Cc1ccccc1C.Cc1cccnc1C.Cc1ccnc(C)c1.Cc1ccncc1C.Cc1cncc(C)c1.Cc1cncc(C)n1.Cc1cnnc(C)c1.Cc1nccnc1C.Cc1ncnc(C)n1. The van der Waals surface area contributed by atoms with Crippen LogP contribution in [0.25, 0.3) is 0 Å². The Morgan fingerprint density at radius 2 is 0.654 bits per heavy atom. The molecule has 104 heavy (non-hydrogen) atoms. The number of hydrogen-bond donors (Lipinski definition) is 0. The molecule has 0 fully saturated rings. The maximum atomic E-state index is 4.17. The second-order valence-electron chi connectivity index (χ2n) is 25.2. The Labute approximate surface area is 624 Å². The van der Waals surface area contributed by atoms with Crippen LogP contribution in [-0.4, -0.2) is 75.0 Å². The van der Waals surface area contributed by atoms with Gasteiger partial charge in [0.05, 0.1) is 34.7 Å². The molecule has 0 saturated carbocycles. The Morgan fingerprint density at radius 1 is 0.202 bits per heavy atom. The van der Waals surface area contributed by atoms with Gasteiger partial charge in [-0.05, 0) is 284 Å². The Hall–Kier alpha value is -11.2. The second kappa shape index (κ2) is 53.6. The molecule has 3 aromatic carbocycles. The van der Waals surface area contributed by atoms with Gasteiger partial charge in [-0.1, -0.05) is 119 Å². The zero-order valence-electron chi connectivity index (χ0n) is 67.1. The van der Waals surface area contributed by atoms with Crippen LogP contribution in [-0.2, 0) is 0 Å². The van der Waals surface area contributed by atoms with Gasteiger partial charge in [0.25, 0.3) is 0 Å². The zero-order chi connectivity index (χ0) is 77.8. The normalized spacial score (nSPS) is 9.25. The molecule has 0 amide bonds. The smallest absolute Gasteiger partial charge is 0.129 e. The molecular formula is C89H115N15. The van der Waals surface area contributed by atoms with Gasteiger partial charge in [-0.3, -0.25) is 49.8 Å². The quantitative estimate of drug-likeness (QED) is 0.139. The van der Waals surface area contributed by atoms with Gasteiger partial charge in [0.2, 0.25) is 0 Å². The van der Waals surface area contributed by atoms with Crippen LogP contribution in [0.3, 0.4) is 0 Å². The van der Waals surface area contributed by atoms with Crippen molar-refractivity contribution in [3.05, 3.63) is 373 Å². The Balaban J connectivity index is 0.000000563. The molecule has 0 aliphatic rings. The van der Waals surface area contributed by atoms with Crippen molar-refractivity contribution >= 4 is 0 Å². The average molecular weight is 1400 g/mol. The second-order valence-corrected chi connectivity index (χ2v) is 25.2. The van der Waals surface area contributed by atoms with E-state index in [1.807, 2.05) is 203 Å². The largest absolute Gasteiger partial charge is 0.264 e. The van der Waals surface area contributed by atoms with Crippen molar-refractivity contribution in [3.63, 3.8) is 0 Å². The molecule has 546 valence electrons. The van der Waals surface area contributed by atoms with Crippen molar-refractivity contribution in [1.29, 1.82) is 0 Å². The molecule has 13 rings (SSSR count). The van der Waals surface area contributed by atoms with E-state index in [2.05, 4.69) is 241 Å². The van der Waals surface area contributed by atoms with Crippen LogP contribution in [0, 0.1) is 180 Å². The van der Waals surface area contributed by atoms with E-state index in [1.165, 1.54) is 78.7 Å². The first kappa shape index (κ1) is 90.8. The van der Waals surface area contributed by atoms with Crippen molar-refractivity contribution in [1.82, 2.24) is 75.0 Å². The molecule has 15 heteroatoms. The highest BCUT2D eigenvalue weighted by Crippen LogP contribution is 2.06. The third-order valence-electron chi connectivity index (χ3n) is 14.3. The fraction of sp³-hybridized carbons (Fsp3) is 0.292. The standard InChI is InChI=1S/3C8H10.6C7H9N.3C6H8N2.C5H7N3/c1-7-3-5-8(2)6-4-7;1-7-4-3-5-8(2)6-7;1-7-5-3-4-6-8(7)2;1-6-3-7(2)5-8-4-6;1-6-3-4-8-5-7(6)2;1-6-3-4-8-7(2)5-6;1-6-3-4-7(2)8-5-6;1-6-4-3-5-8-7(6)2;1-6-4-3-5-7(2)8-6;1-5-3-7-4-6(2)8-5;1-5-3-6(2)8-7-4-5;1-5-6(2)8-4-3-7-5;1-4-6-3-7-5(2)8-4/h3*3-6H,1-2H3;6*3-5H,1-2H3;3*3-4H,1-2H3;3H,1-2H3. The third-order valence-corrected chi connectivity index (χ3v) is 14.3. The average Bonchev–Trinajstić information content (AvgIpc) is 1.30. The van der Waals surface area contributed by atoms with Gasteiger partial charge < -0.3 is 0 Å². The summed E-state index contributed by atoms with van der Waals surface area (Å²) in [6.07, 6.45) is 23.0. The van der Waals surface area contributed by atoms with Crippen LogP contribution in [0.2, 0.25) is 0 Å². The number of nitrogens with zero attached hydrogens (tertiary/aromatic N) is 15. The van der Waals surface area contributed by atoms with E-state index in [4.69, 9.17) is 0 Å². The highest BCUT2D eigenvalue weighted by molar-refractivity contribution is 5.25. The van der Waals surface area contributed by atoms with E-state index in [0.29, 0.717) is 0 Å². The van der Waals surface area contributed by atoms with E-state index in [0.717, 1.165) is 74.2 Å². The molecule has 0 bridgehead atoms. The van der Waals surface area contributed by atoms with Crippen LogP contribution >= 0.6 is 0 Å². The van der Waals surface area contributed by atoms with Crippen molar-refractivity contribution in [3.8, 4) is 0 Å². The molecule has 10 aromatic heterocycles. The van der Waals surface area contributed by atoms with E-state index in [-0.39, 0.29) is 0 Å². The number of hydrogen-bond acceptors (Lipinski definition) is 15. The van der Waals surface area contributed by atoms with Crippen molar-refractivity contribution in [2.24, 2.45) is 0 Å². The molecule has 10 heterocycles. The predicted octanol–water partition coefficient (Wildman–Crippen LogP) is 20.9. The first-order valence-corrected chi connectivity index (χ1v) is 34.6. The lowest BCUT2D eigenvalue weighted by Gasteiger charge is -1.93. The van der Waals surface area contributed by atoms with E-state index in [9.17, 15) is 0 Å². The fourth-order valence-corrected chi connectivity index (χ4v) is 7.99. The number of benzene rings is 3. The van der Waals surface area contributed by atoms with Gasteiger partial charge in [0.15, 0.2) is 0 Å². The first-order valence-electron chi connectivity index (χ1n) is 34.6. The number of aromatic nitrogens is 15. The maximum absolute atomic E-state index is 4.17. The van der Waals surface area contributed by atoms with Gasteiger partial charge in [-0.15, -0.1) is 0 Å². The monoisotopic (exact) mass is 1390 g/mol. The summed E-state index contributed by atoms with van der Waals surface area (Å²) in [4.78, 5) is 52.0. The van der Waals surface area contributed by atoms with E-state index < -0.39 is 0 Å². The summed E-state index contributed by atoms with van der Waals surface area (Å²) >= 11 is 0. The summed E-state index contributed by atoms with van der Waals surface area (Å²) in [7, 11) is 0. The Kier molecular flexibility index (Phi) is 46.8. The van der Waals surface area contributed by atoms with Gasteiger partial charge in [0, 0.05) is 96.6 Å². The summed E-state index contributed by atoms with van der Waals surface area (Å²) in [5.41, 5.74) is 28.4. The lowest BCUT2D eigenvalue weighted by atomic mass is 10.1. The number of aryl methyl sites for hydroxylation is 26. The predicted molar refractivity (Wildman–Crippen MR) is 434 cm³/mol. The molecule has 15 nitrogen and oxygen atoms in total. The maximum Gasteiger partial charge on any atom is 0.129 e. The highest BCUT2D eigenvalue weighted by Gasteiger charge is 1.92. The molecule has 13 aromatic rings. The molecule has 0 atom stereocenters. The molecule has 0 saturated heterocycles. The van der Waals surface area contributed by atoms with Gasteiger partial charge in [-0.25, -0.2) is 15.0 Å². The topological polar surface area (TPSA) is 193 Å². The van der Waals surface area contributed by atoms with Crippen molar-refractivity contribution < 1.29 is 0 Å². The minimum absolute atomic E-state index is 0.775. The molecule has 0 spiro atoms. The van der Waals surface area contributed by atoms with Gasteiger partial charge in [-0.2, -0.15) is 10.2 Å². The van der Waals surface area contributed by atoms with Crippen molar-refractivity contribution in [2.45, 2.75) is 180 Å². The summed E-state index contributed by atoms with van der Waals surface area (Å²) in [5.74, 6) is 1.55. The van der Waals surface area contributed by atoms with Crippen LogP contribution in [0.5, 0.6) is 0 Å². The fourth-order valence-electron chi connectivity index (χ4n) is 7.99. The molecule has 0 aliphatic carbocycles. The van der Waals surface area contributed by atoms with Crippen LogP contribution < -0.4 is 0 Å². The van der Waals surface area contributed by atoms with Crippen LogP contribution in [0.1, 0.15) is 146 Å². The van der Waals surface area contributed by atoms with E-state index >= 15 is 0 Å². The summed E-state index contributed by atoms with van der Waals surface area (Å²) < 4.78 is 0. The molecule has 0 aliphatic heterocycles. The van der Waals surface area contributed by atoms with Crippen molar-refractivity contribution in [2.75, 3.05) is 0 Å². The summed E-state index contributed by atoms with van der Waals surface area (Å²) in [5, 5.41) is 7.52. The lowest BCUT2D eigenvalue weighted by molar-refractivity contribution is 0.920. The Bertz CT molecular complexity index is 3530. The van der Waals surface area contributed by atoms with Gasteiger partial charge >= 0.3 is 0 Å². The third kappa shape index (κ3) is 48.6. The molecule has 0 unspecified atom stereocenters. The summed E-state index contributed by atoms with van der Waals surface area (Å²) in [6.45, 7) is 52.4. The van der Waals surface area contributed by atoms with Crippen LogP contribution in [0.15, 0.2) is 226 Å². The van der Waals surface area contributed by atoms with E-state index in [1.54, 1.807) is 31.0 Å². The highest BCUT2D eigenvalue weighted by atomic mass is 15.1. The van der Waals surface area contributed by atoms with Crippen LogP contribution in [0.4, 0.5) is 0 Å². The van der Waals surface area contributed by atoms with Gasteiger partial charge in [0.1, 0.15) is 18.0 Å². The number of pyridine rings is 6. The zero-order valence-corrected chi connectivity index (χ0v) is 67.1.